The molecule has 0 saturated carbocycles. The highest BCUT2D eigenvalue weighted by atomic mass is 16.5. The number of benzene rings is 2. The van der Waals surface area contributed by atoms with Gasteiger partial charge in [-0.3, -0.25) is 4.79 Å². The standard InChI is InChI=1S/C21H20N2O2/c1-3-18(24)17-11-7-8-12-19(17)25-21-15(2)14-22-20(23-21)13-16-9-5-4-6-10-16/h4-12,14H,3,13H2,1-2H3. The molecule has 0 N–H and O–H groups in total. The molecular weight excluding hydrogens is 312 g/mol. The highest BCUT2D eigenvalue weighted by Crippen LogP contribution is 2.27. The van der Waals surface area contributed by atoms with Gasteiger partial charge in [-0.05, 0) is 24.6 Å². The molecule has 0 aliphatic carbocycles. The third-order valence-corrected chi connectivity index (χ3v) is 3.90. The van der Waals surface area contributed by atoms with Gasteiger partial charge < -0.3 is 4.74 Å². The SMILES string of the molecule is CCC(=O)c1ccccc1Oc1nc(Cc2ccccc2)ncc1C. The van der Waals surface area contributed by atoms with Gasteiger partial charge in [0.15, 0.2) is 5.78 Å². The van der Waals surface area contributed by atoms with Gasteiger partial charge in [0.2, 0.25) is 5.88 Å². The van der Waals surface area contributed by atoms with Gasteiger partial charge >= 0.3 is 0 Å². The van der Waals surface area contributed by atoms with Crippen LogP contribution in [0.2, 0.25) is 0 Å². The summed E-state index contributed by atoms with van der Waals surface area (Å²) in [6.45, 7) is 3.74. The second-order valence-corrected chi connectivity index (χ2v) is 5.81. The molecule has 0 spiro atoms. The number of aryl methyl sites for hydroxylation is 1. The molecular formula is C21H20N2O2. The molecule has 4 heteroatoms. The van der Waals surface area contributed by atoms with Crippen LogP contribution in [0.25, 0.3) is 0 Å². The van der Waals surface area contributed by atoms with Crippen LogP contribution in [0.5, 0.6) is 11.6 Å². The number of ether oxygens (including phenoxy) is 1. The highest BCUT2D eigenvalue weighted by Gasteiger charge is 2.13. The van der Waals surface area contributed by atoms with Gasteiger partial charge in [0.25, 0.3) is 0 Å². The van der Waals surface area contributed by atoms with E-state index in [1.165, 1.54) is 0 Å². The molecule has 1 aromatic heterocycles. The Morgan fingerprint density at radius 2 is 1.76 bits per heavy atom. The van der Waals surface area contributed by atoms with Gasteiger partial charge in [-0.2, -0.15) is 4.98 Å². The predicted octanol–water partition coefficient (Wildman–Crippen LogP) is 4.76. The first-order chi connectivity index (χ1) is 12.2. The minimum atomic E-state index is 0.0480. The molecule has 0 saturated heterocycles. The molecule has 4 nitrogen and oxygen atoms in total. The van der Waals surface area contributed by atoms with Crippen LogP contribution in [-0.2, 0) is 6.42 Å². The van der Waals surface area contributed by atoms with Crippen LogP contribution in [0.4, 0.5) is 0 Å². The van der Waals surface area contributed by atoms with E-state index >= 15 is 0 Å². The van der Waals surface area contributed by atoms with Crippen LogP contribution in [0, 0.1) is 6.92 Å². The summed E-state index contributed by atoms with van der Waals surface area (Å²) in [5.41, 5.74) is 2.54. The highest BCUT2D eigenvalue weighted by molar-refractivity contribution is 5.98. The summed E-state index contributed by atoms with van der Waals surface area (Å²) < 4.78 is 5.97. The van der Waals surface area contributed by atoms with Crippen molar-refractivity contribution in [1.82, 2.24) is 9.97 Å². The van der Waals surface area contributed by atoms with Crippen LogP contribution in [-0.4, -0.2) is 15.8 Å². The molecule has 1 heterocycles. The summed E-state index contributed by atoms with van der Waals surface area (Å²) in [6, 6.07) is 17.3. The fourth-order valence-electron chi connectivity index (χ4n) is 2.51. The molecule has 0 aliphatic heterocycles. The first-order valence-electron chi connectivity index (χ1n) is 8.34. The Balaban J connectivity index is 1.88. The fourth-order valence-corrected chi connectivity index (χ4v) is 2.51. The lowest BCUT2D eigenvalue weighted by atomic mass is 10.1. The molecule has 0 unspecified atom stereocenters. The van der Waals surface area contributed by atoms with Gasteiger partial charge in [0.05, 0.1) is 5.56 Å². The van der Waals surface area contributed by atoms with E-state index in [4.69, 9.17) is 4.74 Å². The van der Waals surface area contributed by atoms with Crippen molar-refractivity contribution in [1.29, 1.82) is 0 Å². The smallest absolute Gasteiger partial charge is 0.225 e. The number of carbonyl (C=O) groups is 1. The van der Waals surface area contributed by atoms with Crippen molar-refractivity contribution in [3.05, 3.63) is 83.3 Å². The van der Waals surface area contributed by atoms with Crippen LogP contribution in [0.15, 0.2) is 60.8 Å². The lowest BCUT2D eigenvalue weighted by molar-refractivity contribution is 0.0986. The molecule has 0 aliphatic rings. The monoisotopic (exact) mass is 332 g/mol. The number of ketones is 1. The second-order valence-electron chi connectivity index (χ2n) is 5.81. The zero-order valence-corrected chi connectivity index (χ0v) is 14.4. The molecule has 2 aromatic carbocycles. The normalized spacial score (nSPS) is 10.5. The van der Waals surface area contributed by atoms with Crippen molar-refractivity contribution < 1.29 is 9.53 Å². The summed E-state index contributed by atoms with van der Waals surface area (Å²) in [5.74, 6) is 1.75. The van der Waals surface area contributed by atoms with Crippen LogP contribution in [0.1, 0.15) is 40.7 Å². The van der Waals surface area contributed by atoms with E-state index in [0.717, 1.165) is 11.1 Å². The number of hydrogen-bond acceptors (Lipinski definition) is 4. The van der Waals surface area contributed by atoms with E-state index in [1.54, 1.807) is 18.3 Å². The summed E-state index contributed by atoms with van der Waals surface area (Å²) in [5, 5.41) is 0. The summed E-state index contributed by atoms with van der Waals surface area (Å²) >= 11 is 0. The number of hydrogen-bond donors (Lipinski definition) is 0. The molecule has 0 fully saturated rings. The van der Waals surface area contributed by atoms with E-state index < -0.39 is 0 Å². The maximum atomic E-state index is 12.1. The zero-order chi connectivity index (χ0) is 17.6. The van der Waals surface area contributed by atoms with Crippen molar-refractivity contribution in [3.8, 4) is 11.6 Å². The molecule has 0 radical (unpaired) electrons. The summed E-state index contributed by atoms with van der Waals surface area (Å²) in [6.07, 6.45) is 2.82. The van der Waals surface area contributed by atoms with Crippen molar-refractivity contribution in [2.75, 3.05) is 0 Å². The molecule has 25 heavy (non-hydrogen) atoms. The third kappa shape index (κ3) is 4.10. The quantitative estimate of drug-likeness (QED) is 0.611. The number of para-hydroxylation sites is 1. The fraction of sp³-hybridized carbons (Fsp3) is 0.190. The maximum absolute atomic E-state index is 12.1. The largest absolute Gasteiger partial charge is 0.438 e. The topological polar surface area (TPSA) is 52.1 Å². The van der Waals surface area contributed by atoms with Crippen molar-refractivity contribution in [2.24, 2.45) is 0 Å². The molecule has 0 atom stereocenters. The number of Topliss-reactive ketones (excluding diaryl/α,β-unsaturated/α-hetero) is 1. The Kier molecular flexibility index (Phi) is 5.19. The Morgan fingerprint density at radius 3 is 2.52 bits per heavy atom. The number of nitrogens with zero attached hydrogens (tertiary/aromatic N) is 2. The lowest BCUT2D eigenvalue weighted by Crippen LogP contribution is -2.04. The molecule has 0 amide bonds. The molecule has 3 aromatic rings. The Bertz CT molecular complexity index is 876. The van der Waals surface area contributed by atoms with Gasteiger partial charge in [-0.1, -0.05) is 49.4 Å². The summed E-state index contributed by atoms with van der Waals surface area (Å²) in [7, 11) is 0. The van der Waals surface area contributed by atoms with E-state index in [9.17, 15) is 4.79 Å². The Morgan fingerprint density at radius 1 is 1.04 bits per heavy atom. The van der Waals surface area contributed by atoms with Gasteiger partial charge in [0, 0.05) is 24.6 Å². The molecule has 126 valence electrons. The van der Waals surface area contributed by atoms with Crippen LogP contribution in [0.3, 0.4) is 0 Å². The lowest BCUT2D eigenvalue weighted by Gasteiger charge is -2.12. The predicted molar refractivity (Wildman–Crippen MR) is 97.2 cm³/mol. The van der Waals surface area contributed by atoms with Gasteiger partial charge in [-0.25, -0.2) is 4.98 Å². The average molecular weight is 332 g/mol. The van der Waals surface area contributed by atoms with E-state index in [2.05, 4.69) is 9.97 Å². The summed E-state index contributed by atoms with van der Waals surface area (Å²) in [4.78, 5) is 21.0. The first kappa shape index (κ1) is 16.8. The van der Waals surface area contributed by atoms with E-state index in [1.807, 2.05) is 56.3 Å². The van der Waals surface area contributed by atoms with E-state index in [-0.39, 0.29) is 5.78 Å². The van der Waals surface area contributed by atoms with E-state index in [0.29, 0.717) is 35.9 Å². The molecule has 0 bridgehead atoms. The zero-order valence-electron chi connectivity index (χ0n) is 14.4. The maximum Gasteiger partial charge on any atom is 0.225 e. The van der Waals surface area contributed by atoms with Crippen LogP contribution < -0.4 is 4.74 Å². The van der Waals surface area contributed by atoms with Crippen LogP contribution >= 0.6 is 0 Å². The van der Waals surface area contributed by atoms with Crippen molar-refractivity contribution in [2.45, 2.75) is 26.7 Å². The average Bonchev–Trinajstić information content (AvgIpc) is 2.65. The number of rotatable bonds is 6. The number of aromatic nitrogens is 2. The first-order valence-corrected chi connectivity index (χ1v) is 8.34. The van der Waals surface area contributed by atoms with Crippen molar-refractivity contribution >= 4 is 5.78 Å². The Hall–Kier alpha value is -3.01. The van der Waals surface area contributed by atoms with Gasteiger partial charge in [-0.15, -0.1) is 0 Å². The minimum absolute atomic E-state index is 0.0480. The molecule has 3 rings (SSSR count). The number of carbonyl (C=O) groups excluding carboxylic acids is 1. The van der Waals surface area contributed by atoms with Gasteiger partial charge in [0.1, 0.15) is 11.6 Å². The third-order valence-electron chi connectivity index (χ3n) is 3.90. The second kappa shape index (κ2) is 7.71. The van der Waals surface area contributed by atoms with Crippen molar-refractivity contribution in [3.63, 3.8) is 0 Å². The Labute approximate surface area is 147 Å². The minimum Gasteiger partial charge on any atom is -0.438 e.